The lowest BCUT2D eigenvalue weighted by Crippen LogP contribution is -2.47. The van der Waals surface area contributed by atoms with Crippen molar-refractivity contribution in [1.29, 1.82) is 0 Å². The Labute approximate surface area is 168 Å². The van der Waals surface area contributed by atoms with Crippen LogP contribution in [0.25, 0.3) is 0 Å². The first-order chi connectivity index (χ1) is 14.1. The number of rotatable bonds is 6. The van der Waals surface area contributed by atoms with Gasteiger partial charge in [-0.3, -0.25) is 15.1 Å². The molecule has 0 saturated carbocycles. The summed E-state index contributed by atoms with van der Waals surface area (Å²) in [5.74, 6) is 1.63. The largest absolute Gasteiger partial charge is 0.420 e. The molecule has 1 aliphatic heterocycles. The molecule has 1 fully saturated rings. The fourth-order valence-corrected chi connectivity index (χ4v) is 3.07. The highest BCUT2D eigenvalue weighted by atomic mass is 16.4. The molecule has 0 bridgehead atoms. The molecule has 0 aliphatic carbocycles. The van der Waals surface area contributed by atoms with Crippen molar-refractivity contribution in [2.75, 3.05) is 41.3 Å². The Hall–Kier alpha value is -3.56. The zero-order valence-electron chi connectivity index (χ0n) is 16.4. The Bertz CT molecular complexity index is 983. The molecule has 1 saturated heterocycles. The number of aryl methyl sites for hydroxylation is 1. The second-order valence-corrected chi connectivity index (χ2v) is 6.62. The van der Waals surface area contributed by atoms with Crippen LogP contribution in [0.3, 0.4) is 0 Å². The number of pyridine rings is 1. The molecule has 0 radical (unpaired) electrons. The minimum atomic E-state index is -0.191. The predicted octanol–water partition coefficient (Wildman–Crippen LogP) is 2.09. The number of nitrogens with zero attached hydrogens (tertiary/aromatic N) is 7. The summed E-state index contributed by atoms with van der Waals surface area (Å²) < 4.78 is 5.37. The molecule has 4 heterocycles. The maximum Gasteiger partial charge on any atom is 0.302 e. The number of hydrogen-bond donors (Lipinski definition) is 1. The number of anilines is 4. The molecule has 10 heteroatoms. The Morgan fingerprint density at radius 2 is 1.83 bits per heavy atom. The van der Waals surface area contributed by atoms with Crippen LogP contribution in [0.4, 0.5) is 23.6 Å². The monoisotopic (exact) mass is 394 g/mol. The third-order valence-corrected chi connectivity index (χ3v) is 4.65. The van der Waals surface area contributed by atoms with E-state index in [1.165, 1.54) is 13.1 Å². The molecule has 0 spiro atoms. The van der Waals surface area contributed by atoms with Crippen LogP contribution in [-0.4, -0.2) is 56.9 Å². The summed E-state index contributed by atoms with van der Waals surface area (Å²) in [6.45, 7) is 6.73. The fraction of sp³-hybridized carbons (Fsp3) is 0.368. The molecule has 0 unspecified atom stereocenters. The van der Waals surface area contributed by atoms with Crippen molar-refractivity contribution in [3.05, 3.63) is 42.3 Å². The van der Waals surface area contributed by atoms with Crippen molar-refractivity contribution < 1.29 is 9.21 Å². The van der Waals surface area contributed by atoms with Gasteiger partial charge in [-0.1, -0.05) is 6.92 Å². The van der Waals surface area contributed by atoms with Crippen LogP contribution >= 0.6 is 0 Å². The van der Waals surface area contributed by atoms with Crippen molar-refractivity contribution in [2.45, 2.75) is 20.3 Å². The van der Waals surface area contributed by atoms with Crippen molar-refractivity contribution in [3.8, 4) is 0 Å². The molecule has 3 aromatic heterocycles. The third-order valence-electron chi connectivity index (χ3n) is 4.65. The number of Topliss-reactive ketones (excluding diaryl/α,β-unsaturated/α-hetero) is 1. The lowest BCUT2D eigenvalue weighted by atomic mass is 10.3. The Morgan fingerprint density at radius 1 is 1.10 bits per heavy atom. The molecule has 0 atom stereocenters. The summed E-state index contributed by atoms with van der Waals surface area (Å²) in [5.41, 5.74) is 1.16. The first kappa shape index (κ1) is 18.8. The van der Waals surface area contributed by atoms with Crippen LogP contribution in [0.1, 0.15) is 30.2 Å². The molecule has 0 amide bonds. The van der Waals surface area contributed by atoms with E-state index < -0.39 is 0 Å². The number of nitrogens with one attached hydrogen (secondary N) is 1. The summed E-state index contributed by atoms with van der Waals surface area (Å²) >= 11 is 0. The Kier molecular flexibility index (Phi) is 5.32. The standard InChI is InChI=1S/C19H22N8O2/c1-3-16-22-17(25-19-21-12-15(29-19)13(2)28)24-18(23-16)27-10-8-26(9-11-27)14-4-6-20-7-5-14/h4-7,12H,3,8-11H2,1-2H3,(H,21,22,23,24,25). The van der Waals surface area contributed by atoms with E-state index in [4.69, 9.17) is 4.42 Å². The summed E-state index contributed by atoms with van der Waals surface area (Å²) in [4.78, 5) is 37.5. The van der Waals surface area contributed by atoms with E-state index in [2.05, 4.69) is 40.0 Å². The maximum absolute atomic E-state index is 11.4. The normalized spacial score (nSPS) is 14.1. The van der Waals surface area contributed by atoms with Gasteiger partial charge in [0.25, 0.3) is 0 Å². The van der Waals surface area contributed by atoms with E-state index in [1.54, 1.807) is 12.4 Å². The minimum Gasteiger partial charge on any atom is -0.420 e. The molecule has 1 aliphatic rings. The molecule has 4 rings (SSSR count). The highest BCUT2D eigenvalue weighted by Gasteiger charge is 2.21. The van der Waals surface area contributed by atoms with E-state index in [0.717, 1.165) is 31.9 Å². The van der Waals surface area contributed by atoms with Gasteiger partial charge in [0.1, 0.15) is 5.82 Å². The number of oxazole rings is 1. The summed E-state index contributed by atoms with van der Waals surface area (Å²) in [6.07, 6.45) is 5.66. The van der Waals surface area contributed by atoms with E-state index in [9.17, 15) is 4.79 Å². The first-order valence-electron chi connectivity index (χ1n) is 9.51. The van der Waals surface area contributed by atoms with Gasteiger partial charge in [-0.25, -0.2) is 4.98 Å². The van der Waals surface area contributed by atoms with Gasteiger partial charge in [0.2, 0.25) is 11.9 Å². The second-order valence-electron chi connectivity index (χ2n) is 6.62. The molecule has 10 nitrogen and oxygen atoms in total. The van der Waals surface area contributed by atoms with Crippen LogP contribution in [0.2, 0.25) is 0 Å². The smallest absolute Gasteiger partial charge is 0.302 e. The van der Waals surface area contributed by atoms with Gasteiger partial charge in [-0.05, 0) is 12.1 Å². The van der Waals surface area contributed by atoms with Crippen LogP contribution in [0, 0.1) is 0 Å². The number of ketones is 1. The highest BCUT2D eigenvalue weighted by molar-refractivity contribution is 5.91. The molecule has 3 aromatic rings. The minimum absolute atomic E-state index is 0.178. The number of hydrogen-bond acceptors (Lipinski definition) is 10. The highest BCUT2D eigenvalue weighted by Crippen LogP contribution is 2.20. The van der Waals surface area contributed by atoms with Gasteiger partial charge in [0, 0.05) is 57.6 Å². The van der Waals surface area contributed by atoms with E-state index >= 15 is 0 Å². The fourth-order valence-electron chi connectivity index (χ4n) is 3.07. The quantitative estimate of drug-likeness (QED) is 0.623. The van der Waals surface area contributed by atoms with Gasteiger partial charge >= 0.3 is 6.01 Å². The lowest BCUT2D eigenvalue weighted by Gasteiger charge is -2.36. The molecule has 29 heavy (non-hydrogen) atoms. The van der Waals surface area contributed by atoms with Crippen molar-refractivity contribution in [2.24, 2.45) is 0 Å². The third kappa shape index (κ3) is 4.31. The topological polar surface area (TPSA) is 113 Å². The molecule has 150 valence electrons. The Balaban J connectivity index is 1.49. The van der Waals surface area contributed by atoms with Gasteiger partial charge < -0.3 is 14.2 Å². The van der Waals surface area contributed by atoms with Crippen LogP contribution in [-0.2, 0) is 6.42 Å². The van der Waals surface area contributed by atoms with Crippen molar-refractivity contribution >= 4 is 29.4 Å². The van der Waals surface area contributed by atoms with Gasteiger partial charge in [-0.15, -0.1) is 0 Å². The zero-order valence-corrected chi connectivity index (χ0v) is 16.4. The Morgan fingerprint density at radius 3 is 2.48 bits per heavy atom. The van der Waals surface area contributed by atoms with E-state index in [-0.39, 0.29) is 17.6 Å². The SMILES string of the molecule is CCc1nc(Nc2ncc(C(C)=O)o2)nc(N2CCN(c3ccncc3)CC2)n1. The average molecular weight is 394 g/mol. The first-order valence-corrected chi connectivity index (χ1v) is 9.51. The number of aromatic nitrogens is 5. The molecular formula is C19H22N8O2. The number of carbonyl (C=O) groups excluding carboxylic acids is 1. The predicted molar refractivity (Wildman–Crippen MR) is 108 cm³/mol. The van der Waals surface area contributed by atoms with Crippen LogP contribution in [0.15, 0.2) is 35.1 Å². The van der Waals surface area contributed by atoms with Crippen molar-refractivity contribution in [1.82, 2.24) is 24.9 Å². The van der Waals surface area contributed by atoms with E-state index in [1.807, 2.05) is 19.1 Å². The second kappa shape index (κ2) is 8.21. The van der Waals surface area contributed by atoms with Gasteiger partial charge in [-0.2, -0.15) is 15.0 Å². The summed E-state index contributed by atoms with van der Waals surface area (Å²) in [7, 11) is 0. The average Bonchev–Trinajstić information content (AvgIpc) is 3.23. The molecule has 1 N–H and O–H groups in total. The van der Waals surface area contributed by atoms with Gasteiger partial charge in [0.15, 0.2) is 11.5 Å². The maximum atomic E-state index is 11.4. The van der Waals surface area contributed by atoms with Crippen LogP contribution in [0.5, 0.6) is 0 Å². The van der Waals surface area contributed by atoms with Gasteiger partial charge in [0.05, 0.1) is 6.20 Å². The van der Waals surface area contributed by atoms with Crippen molar-refractivity contribution in [3.63, 3.8) is 0 Å². The summed E-state index contributed by atoms with van der Waals surface area (Å²) in [5, 5.41) is 2.93. The zero-order chi connectivity index (χ0) is 20.2. The number of carbonyl (C=O) groups is 1. The number of piperazine rings is 1. The summed E-state index contributed by atoms with van der Waals surface area (Å²) in [6, 6.07) is 4.21. The molecule has 0 aromatic carbocycles. The molecular weight excluding hydrogens is 372 g/mol. The van der Waals surface area contributed by atoms with E-state index in [0.29, 0.717) is 24.1 Å². The lowest BCUT2D eigenvalue weighted by molar-refractivity contribution is 0.0988. The van der Waals surface area contributed by atoms with Crippen LogP contribution < -0.4 is 15.1 Å².